The molecule has 0 unspecified atom stereocenters. The number of imidazole rings is 1. The Labute approximate surface area is 109 Å². The van der Waals surface area contributed by atoms with Gasteiger partial charge in [-0.05, 0) is 29.5 Å². The molecule has 18 heavy (non-hydrogen) atoms. The molecule has 0 amide bonds. The van der Waals surface area contributed by atoms with E-state index in [1.165, 1.54) is 5.69 Å². The van der Waals surface area contributed by atoms with Crippen LogP contribution >= 0.6 is 0 Å². The first-order valence-electron chi connectivity index (χ1n) is 6.30. The second-order valence-electron chi connectivity index (χ2n) is 5.87. The van der Waals surface area contributed by atoms with Crippen LogP contribution in [0.1, 0.15) is 32.0 Å². The van der Waals surface area contributed by atoms with Gasteiger partial charge in [0.05, 0.1) is 6.33 Å². The van der Waals surface area contributed by atoms with Crippen molar-refractivity contribution < 1.29 is 0 Å². The van der Waals surface area contributed by atoms with Crippen molar-refractivity contribution in [2.45, 2.75) is 33.7 Å². The van der Waals surface area contributed by atoms with Crippen molar-refractivity contribution in [3.8, 4) is 5.69 Å². The molecule has 0 atom stereocenters. The number of nitrogens with zero attached hydrogens (tertiary/aromatic N) is 2. The highest BCUT2D eigenvalue weighted by Gasteiger charge is 2.15. The van der Waals surface area contributed by atoms with E-state index in [0.29, 0.717) is 6.54 Å². The van der Waals surface area contributed by atoms with E-state index in [4.69, 9.17) is 5.73 Å². The Bertz CT molecular complexity index is 521. The molecule has 1 aromatic heterocycles. The quantitative estimate of drug-likeness (QED) is 0.900. The monoisotopic (exact) mass is 243 g/mol. The molecule has 0 saturated carbocycles. The second kappa shape index (κ2) is 4.94. The Morgan fingerprint density at radius 1 is 1.28 bits per heavy atom. The molecule has 0 bridgehead atoms. The first-order valence-corrected chi connectivity index (χ1v) is 6.30. The van der Waals surface area contributed by atoms with E-state index in [-0.39, 0.29) is 5.41 Å². The first-order chi connectivity index (χ1) is 8.49. The van der Waals surface area contributed by atoms with Gasteiger partial charge in [-0.2, -0.15) is 0 Å². The van der Waals surface area contributed by atoms with Crippen molar-refractivity contribution >= 4 is 0 Å². The number of aromatic nitrogens is 2. The fourth-order valence-electron chi connectivity index (χ4n) is 2.06. The van der Waals surface area contributed by atoms with Crippen LogP contribution in [0.2, 0.25) is 0 Å². The summed E-state index contributed by atoms with van der Waals surface area (Å²) in [5.74, 6) is 0. The van der Waals surface area contributed by atoms with E-state index in [1.807, 2.05) is 24.7 Å². The standard InChI is InChI=1S/C15H21N3/c1-15(2,3)8-14-10-17-11-18(14)13-6-4-5-12(7-13)9-16/h4-7,10-11H,8-9,16H2,1-3H3. The van der Waals surface area contributed by atoms with Crippen LogP contribution in [0.25, 0.3) is 5.69 Å². The summed E-state index contributed by atoms with van der Waals surface area (Å²) in [5, 5.41) is 0. The van der Waals surface area contributed by atoms with Gasteiger partial charge in [-0.1, -0.05) is 32.9 Å². The van der Waals surface area contributed by atoms with Gasteiger partial charge in [0.25, 0.3) is 0 Å². The largest absolute Gasteiger partial charge is 0.326 e. The highest BCUT2D eigenvalue weighted by atomic mass is 15.0. The minimum atomic E-state index is 0.253. The molecule has 0 aliphatic carbocycles. The van der Waals surface area contributed by atoms with Crippen molar-refractivity contribution in [3.05, 3.63) is 48.0 Å². The highest BCUT2D eigenvalue weighted by molar-refractivity contribution is 5.37. The summed E-state index contributed by atoms with van der Waals surface area (Å²) in [4.78, 5) is 4.27. The fraction of sp³-hybridized carbons (Fsp3) is 0.400. The molecule has 0 spiro atoms. The third-order valence-corrected chi connectivity index (χ3v) is 2.85. The lowest BCUT2D eigenvalue weighted by Gasteiger charge is -2.19. The van der Waals surface area contributed by atoms with Crippen molar-refractivity contribution in [3.63, 3.8) is 0 Å². The molecule has 2 rings (SSSR count). The third kappa shape index (κ3) is 2.99. The summed E-state index contributed by atoms with van der Waals surface area (Å²) in [6.07, 6.45) is 4.82. The van der Waals surface area contributed by atoms with Gasteiger partial charge in [0.2, 0.25) is 0 Å². The van der Waals surface area contributed by atoms with Crippen molar-refractivity contribution in [1.82, 2.24) is 9.55 Å². The molecule has 0 radical (unpaired) electrons. The summed E-state index contributed by atoms with van der Waals surface area (Å²) in [5.41, 5.74) is 9.45. The number of rotatable bonds is 3. The van der Waals surface area contributed by atoms with E-state index >= 15 is 0 Å². The maximum Gasteiger partial charge on any atom is 0.0994 e. The molecular weight excluding hydrogens is 222 g/mol. The van der Waals surface area contributed by atoms with E-state index in [1.54, 1.807) is 0 Å². The molecule has 0 aliphatic heterocycles. The lowest BCUT2D eigenvalue weighted by Crippen LogP contribution is -2.12. The molecule has 0 fully saturated rings. The van der Waals surface area contributed by atoms with Gasteiger partial charge in [0, 0.05) is 24.1 Å². The Hall–Kier alpha value is -1.61. The highest BCUT2D eigenvalue weighted by Crippen LogP contribution is 2.22. The summed E-state index contributed by atoms with van der Waals surface area (Å²) >= 11 is 0. The molecule has 1 heterocycles. The molecule has 96 valence electrons. The molecular formula is C15H21N3. The van der Waals surface area contributed by atoms with Gasteiger partial charge in [-0.25, -0.2) is 4.98 Å². The Kier molecular flexibility index (Phi) is 3.53. The predicted octanol–water partition coefficient (Wildman–Crippen LogP) is 2.92. The fourth-order valence-corrected chi connectivity index (χ4v) is 2.06. The van der Waals surface area contributed by atoms with Crippen LogP contribution in [0.15, 0.2) is 36.8 Å². The number of nitrogens with two attached hydrogens (primary N) is 1. The zero-order chi connectivity index (χ0) is 13.2. The van der Waals surface area contributed by atoms with Crippen LogP contribution in [0.5, 0.6) is 0 Å². The minimum absolute atomic E-state index is 0.253. The smallest absolute Gasteiger partial charge is 0.0994 e. The second-order valence-corrected chi connectivity index (χ2v) is 5.87. The zero-order valence-electron chi connectivity index (χ0n) is 11.4. The number of benzene rings is 1. The molecule has 1 aromatic carbocycles. The maximum atomic E-state index is 5.69. The average Bonchev–Trinajstić information content (AvgIpc) is 2.75. The number of hydrogen-bond donors (Lipinski definition) is 1. The number of hydrogen-bond acceptors (Lipinski definition) is 2. The van der Waals surface area contributed by atoms with Crippen LogP contribution in [-0.4, -0.2) is 9.55 Å². The van der Waals surface area contributed by atoms with E-state index in [2.05, 4.69) is 42.5 Å². The van der Waals surface area contributed by atoms with Gasteiger partial charge in [-0.15, -0.1) is 0 Å². The van der Waals surface area contributed by atoms with Crippen LogP contribution in [-0.2, 0) is 13.0 Å². The van der Waals surface area contributed by atoms with Crippen molar-refractivity contribution in [2.75, 3.05) is 0 Å². The van der Waals surface area contributed by atoms with Gasteiger partial charge >= 0.3 is 0 Å². The normalized spacial score (nSPS) is 11.8. The summed E-state index contributed by atoms with van der Waals surface area (Å²) in [6, 6.07) is 8.29. The van der Waals surface area contributed by atoms with Gasteiger partial charge in [0.15, 0.2) is 0 Å². The zero-order valence-corrected chi connectivity index (χ0v) is 11.4. The van der Waals surface area contributed by atoms with E-state index in [9.17, 15) is 0 Å². The molecule has 2 aromatic rings. The summed E-state index contributed by atoms with van der Waals surface area (Å²) < 4.78 is 2.14. The molecule has 2 N–H and O–H groups in total. The molecule has 3 nitrogen and oxygen atoms in total. The molecule has 3 heteroatoms. The third-order valence-electron chi connectivity index (χ3n) is 2.85. The van der Waals surface area contributed by atoms with Gasteiger partial charge in [0.1, 0.15) is 0 Å². The minimum Gasteiger partial charge on any atom is -0.326 e. The SMILES string of the molecule is CC(C)(C)Cc1cncn1-c1cccc(CN)c1. The lowest BCUT2D eigenvalue weighted by molar-refractivity contribution is 0.404. The van der Waals surface area contributed by atoms with Gasteiger partial charge in [-0.3, -0.25) is 0 Å². The summed E-state index contributed by atoms with van der Waals surface area (Å²) in [7, 11) is 0. The van der Waals surface area contributed by atoms with Crippen LogP contribution < -0.4 is 5.73 Å². The van der Waals surface area contributed by atoms with E-state index in [0.717, 1.165) is 17.7 Å². The molecule has 0 aliphatic rings. The summed E-state index contributed by atoms with van der Waals surface area (Å²) in [6.45, 7) is 7.28. The average molecular weight is 243 g/mol. The Balaban J connectivity index is 2.36. The lowest BCUT2D eigenvalue weighted by atomic mass is 9.91. The van der Waals surface area contributed by atoms with Crippen molar-refractivity contribution in [2.24, 2.45) is 11.1 Å². The van der Waals surface area contributed by atoms with Crippen LogP contribution in [0.4, 0.5) is 0 Å². The predicted molar refractivity (Wildman–Crippen MR) is 74.6 cm³/mol. The van der Waals surface area contributed by atoms with Crippen molar-refractivity contribution in [1.29, 1.82) is 0 Å². The Morgan fingerprint density at radius 3 is 2.72 bits per heavy atom. The maximum absolute atomic E-state index is 5.69. The first kappa shape index (κ1) is 12.8. The molecule has 0 saturated heterocycles. The topological polar surface area (TPSA) is 43.8 Å². The Morgan fingerprint density at radius 2 is 2.06 bits per heavy atom. The van der Waals surface area contributed by atoms with Gasteiger partial charge < -0.3 is 10.3 Å². The van der Waals surface area contributed by atoms with Crippen LogP contribution in [0.3, 0.4) is 0 Å². The van der Waals surface area contributed by atoms with E-state index < -0.39 is 0 Å². The van der Waals surface area contributed by atoms with Crippen LogP contribution in [0, 0.1) is 5.41 Å².